The van der Waals surface area contributed by atoms with Gasteiger partial charge in [0.15, 0.2) is 0 Å². The van der Waals surface area contributed by atoms with Crippen molar-refractivity contribution < 1.29 is 17.9 Å². The molecule has 6 nitrogen and oxygen atoms in total. The maximum atomic E-state index is 12.9. The van der Waals surface area contributed by atoms with E-state index >= 15 is 0 Å². The third kappa shape index (κ3) is 4.43. The number of carbonyl (C=O) groups excluding carboxylic acids is 1. The van der Waals surface area contributed by atoms with Crippen LogP contribution in [0.3, 0.4) is 0 Å². The maximum absolute atomic E-state index is 12.9. The summed E-state index contributed by atoms with van der Waals surface area (Å²) in [6, 6.07) is 14.0. The van der Waals surface area contributed by atoms with Crippen molar-refractivity contribution in [2.45, 2.75) is 11.4 Å². The molecule has 0 atom stereocenters. The summed E-state index contributed by atoms with van der Waals surface area (Å²) >= 11 is 2.17. The molecule has 1 saturated heterocycles. The first kappa shape index (κ1) is 19.3. The first-order chi connectivity index (χ1) is 12.5. The first-order valence-electron chi connectivity index (χ1n) is 8.18. The lowest BCUT2D eigenvalue weighted by atomic mass is 10.2. The van der Waals surface area contributed by atoms with E-state index in [0.29, 0.717) is 37.4 Å². The average molecular weight is 486 g/mol. The Labute approximate surface area is 166 Å². The summed E-state index contributed by atoms with van der Waals surface area (Å²) in [7, 11) is -3.61. The van der Waals surface area contributed by atoms with Crippen molar-refractivity contribution in [2.24, 2.45) is 0 Å². The number of hydrogen-bond acceptors (Lipinski definition) is 4. The molecule has 0 aliphatic carbocycles. The number of benzene rings is 2. The molecule has 0 radical (unpaired) electrons. The van der Waals surface area contributed by atoms with Crippen LogP contribution in [-0.4, -0.2) is 44.9 Å². The summed E-state index contributed by atoms with van der Waals surface area (Å²) < 4.78 is 33.5. The van der Waals surface area contributed by atoms with Crippen LogP contribution in [0.1, 0.15) is 15.9 Å². The lowest BCUT2D eigenvalue weighted by Crippen LogP contribution is -2.41. The Morgan fingerprint density at radius 3 is 2.42 bits per heavy atom. The van der Waals surface area contributed by atoms with Crippen LogP contribution in [0.2, 0.25) is 0 Å². The van der Waals surface area contributed by atoms with Crippen LogP contribution in [0.4, 0.5) is 0 Å². The van der Waals surface area contributed by atoms with Gasteiger partial charge in [-0.05, 0) is 58.5 Å². The number of hydrogen-bond donors (Lipinski definition) is 1. The molecule has 1 heterocycles. The van der Waals surface area contributed by atoms with E-state index in [1.54, 1.807) is 36.4 Å². The number of sulfonamides is 1. The molecule has 8 heteroatoms. The minimum absolute atomic E-state index is 0.143. The normalized spacial score (nSPS) is 15.6. The summed E-state index contributed by atoms with van der Waals surface area (Å²) in [5.41, 5.74) is 1.11. The van der Waals surface area contributed by atoms with Gasteiger partial charge in [-0.15, -0.1) is 0 Å². The SMILES string of the molecule is O=C(NCc1ccccc1S(=O)(=O)N1CCOCC1)c1ccc(I)cc1. The molecule has 0 spiro atoms. The molecule has 1 N–H and O–H groups in total. The standard InChI is InChI=1S/C18H19IN2O4S/c19-16-7-5-14(6-8-16)18(22)20-13-15-3-1-2-4-17(15)26(23,24)21-9-11-25-12-10-21/h1-8H,9-13H2,(H,20,22). The molecular weight excluding hydrogens is 467 g/mol. The van der Waals surface area contributed by atoms with E-state index in [0.717, 1.165) is 3.57 Å². The van der Waals surface area contributed by atoms with Crippen LogP contribution in [0, 0.1) is 3.57 Å². The van der Waals surface area contributed by atoms with Gasteiger partial charge in [-0.25, -0.2) is 8.42 Å². The highest BCUT2D eigenvalue weighted by atomic mass is 127. The second-order valence-corrected chi connectivity index (χ2v) is 8.97. The van der Waals surface area contributed by atoms with Crippen molar-refractivity contribution in [3.63, 3.8) is 0 Å². The highest BCUT2D eigenvalue weighted by molar-refractivity contribution is 14.1. The average Bonchev–Trinajstić information content (AvgIpc) is 2.67. The molecule has 1 fully saturated rings. The molecule has 2 aromatic rings. The highest BCUT2D eigenvalue weighted by Crippen LogP contribution is 2.21. The molecule has 0 saturated carbocycles. The number of nitrogens with one attached hydrogen (secondary N) is 1. The Morgan fingerprint density at radius 1 is 1.08 bits per heavy atom. The summed E-state index contributed by atoms with van der Waals surface area (Å²) in [6.07, 6.45) is 0. The molecule has 26 heavy (non-hydrogen) atoms. The van der Waals surface area contributed by atoms with E-state index in [9.17, 15) is 13.2 Å². The number of ether oxygens (including phenoxy) is 1. The van der Waals surface area contributed by atoms with Crippen LogP contribution in [0.25, 0.3) is 0 Å². The number of morpholine rings is 1. The third-order valence-electron chi connectivity index (χ3n) is 4.11. The molecule has 138 valence electrons. The summed E-state index contributed by atoms with van der Waals surface area (Å²) in [6.45, 7) is 1.61. The Morgan fingerprint density at radius 2 is 1.73 bits per heavy atom. The fraction of sp³-hybridized carbons (Fsp3) is 0.278. The van der Waals surface area contributed by atoms with Crippen molar-refractivity contribution in [2.75, 3.05) is 26.3 Å². The number of amides is 1. The fourth-order valence-corrected chi connectivity index (χ4v) is 4.70. The van der Waals surface area contributed by atoms with Crippen molar-refractivity contribution in [3.8, 4) is 0 Å². The monoisotopic (exact) mass is 486 g/mol. The number of halogens is 1. The molecule has 0 aromatic heterocycles. The van der Waals surface area contributed by atoms with Gasteiger partial charge in [-0.1, -0.05) is 18.2 Å². The van der Waals surface area contributed by atoms with Gasteiger partial charge in [0.05, 0.1) is 18.1 Å². The van der Waals surface area contributed by atoms with Crippen molar-refractivity contribution in [1.82, 2.24) is 9.62 Å². The quantitative estimate of drug-likeness (QED) is 0.659. The molecular formula is C18H19IN2O4S. The Balaban J connectivity index is 1.77. The highest BCUT2D eigenvalue weighted by Gasteiger charge is 2.28. The third-order valence-corrected chi connectivity index (χ3v) is 6.82. The van der Waals surface area contributed by atoms with Crippen LogP contribution >= 0.6 is 22.6 Å². The zero-order valence-electron chi connectivity index (χ0n) is 14.0. The van der Waals surface area contributed by atoms with E-state index < -0.39 is 10.0 Å². The van der Waals surface area contributed by atoms with Gasteiger partial charge >= 0.3 is 0 Å². The van der Waals surface area contributed by atoms with Crippen molar-refractivity contribution in [1.29, 1.82) is 0 Å². The zero-order chi connectivity index (χ0) is 18.6. The Kier molecular flexibility index (Phi) is 6.28. The van der Waals surface area contributed by atoms with Crippen molar-refractivity contribution >= 4 is 38.5 Å². The van der Waals surface area contributed by atoms with E-state index in [2.05, 4.69) is 27.9 Å². The molecule has 0 unspecified atom stereocenters. The summed E-state index contributed by atoms with van der Waals surface area (Å²) in [5, 5.41) is 2.80. The van der Waals surface area contributed by atoms with Gasteiger partial charge in [0, 0.05) is 28.8 Å². The van der Waals surface area contributed by atoms with Crippen LogP contribution < -0.4 is 5.32 Å². The van der Waals surface area contributed by atoms with Gasteiger partial charge in [-0.3, -0.25) is 4.79 Å². The predicted molar refractivity (Wildman–Crippen MR) is 106 cm³/mol. The minimum Gasteiger partial charge on any atom is -0.379 e. The van der Waals surface area contributed by atoms with E-state index in [1.807, 2.05) is 12.1 Å². The summed E-state index contributed by atoms with van der Waals surface area (Å²) in [5.74, 6) is -0.236. The van der Waals surface area contributed by atoms with E-state index in [-0.39, 0.29) is 17.3 Å². The van der Waals surface area contributed by atoms with Crippen LogP contribution in [0.5, 0.6) is 0 Å². The Hall–Kier alpha value is -1.49. The minimum atomic E-state index is -3.61. The topological polar surface area (TPSA) is 75.7 Å². The fourth-order valence-electron chi connectivity index (χ4n) is 2.71. The molecule has 2 aromatic carbocycles. The molecule has 1 aliphatic heterocycles. The van der Waals surface area contributed by atoms with E-state index in [1.165, 1.54) is 4.31 Å². The van der Waals surface area contributed by atoms with Gasteiger partial charge < -0.3 is 10.1 Å². The molecule has 0 bridgehead atoms. The summed E-state index contributed by atoms with van der Waals surface area (Å²) in [4.78, 5) is 12.5. The Bertz CT molecular complexity index is 878. The van der Waals surface area contributed by atoms with Crippen LogP contribution in [-0.2, 0) is 21.3 Å². The second kappa shape index (κ2) is 8.47. The van der Waals surface area contributed by atoms with Crippen LogP contribution in [0.15, 0.2) is 53.4 Å². The largest absolute Gasteiger partial charge is 0.379 e. The van der Waals surface area contributed by atoms with Gasteiger partial charge in [0.25, 0.3) is 5.91 Å². The number of carbonyl (C=O) groups is 1. The lowest BCUT2D eigenvalue weighted by Gasteiger charge is -2.27. The molecule has 3 rings (SSSR count). The smallest absolute Gasteiger partial charge is 0.251 e. The first-order valence-corrected chi connectivity index (χ1v) is 10.7. The maximum Gasteiger partial charge on any atom is 0.251 e. The molecule has 1 aliphatic rings. The lowest BCUT2D eigenvalue weighted by molar-refractivity contribution is 0.0730. The number of nitrogens with zero attached hydrogens (tertiary/aromatic N) is 1. The van der Waals surface area contributed by atoms with Gasteiger partial charge in [0.1, 0.15) is 0 Å². The number of rotatable bonds is 5. The van der Waals surface area contributed by atoms with Gasteiger partial charge in [-0.2, -0.15) is 4.31 Å². The zero-order valence-corrected chi connectivity index (χ0v) is 17.0. The van der Waals surface area contributed by atoms with Crippen molar-refractivity contribution in [3.05, 3.63) is 63.2 Å². The van der Waals surface area contributed by atoms with E-state index in [4.69, 9.17) is 4.74 Å². The van der Waals surface area contributed by atoms with Gasteiger partial charge in [0.2, 0.25) is 10.0 Å². The predicted octanol–water partition coefficient (Wildman–Crippen LogP) is 2.24. The second-order valence-electron chi connectivity index (χ2n) is 5.81. The molecule has 1 amide bonds.